The Balaban J connectivity index is 1.41. The highest BCUT2D eigenvalue weighted by atomic mass is 16.5. The van der Waals surface area contributed by atoms with E-state index in [0.717, 1.165) is 36.5 Å². The van der Waals surface area contributed by atoms with E-state index in [1.54, 1.807) is 25.3 Å². The van der Waals surface area contributed by atoms with Crippen molar-refractivity contribution in [1.82, 2.24) is 15.1 Å². The smallest absolute Gasteiger partial charge is 0.259 e. The monoisotopic (exact) mass is 474 g/mol. The molecule has 0 spiro atoms. The molecule has 5 rings (SSSR count). The number of nitrogens with zero attached hydrogens (tertiary/aromatic N) is 4. The van der Waals surface area contributed by atoms with Gasteiger partial charge in [-0.25, -0.2) is 9.97 Å². The van der Waals surface area contributed by atoms with Gasteiger partial charge in [-0.3, -0.25) is 9.59 Å². The third-order valence-corrected chi connectivity index (χ3v) is 6.33. The van der Waals surface area contributed by atoms with E-state index in [1.165, 1.54) is 0 Å². The number of rotatable bonds is 5. The summed E-state index contributed by atoms with van der Waals surface area (Å²) in [6.07, 6.45) is 3.27. The van der Waals surface area contributed by atoms with Crippen LogP contribution in [0.3, 0.4) is 0 Å². The number of anilines is 2. The highest BCUT2D eigenvalue weighted by molar-refractivity contribution is 6.13. The van der Waals surface area contributed by atoms with Crippen molar-refractivity contribution in [1.29, 1.82) is 0 Å². The van der Waals surface area contributed by atoms with E-state index in [0.29, 0.717) is 40.3 Å². The summed E-state index contributed by atoms with van der Waals surface area (Å²) in [7, 11) is 0. The van der Waals surface area contributed by atoms with Gasteiger partial charge in [-0.15, -0.1) is 0 Å². The van der Waals surface area contributed by atoms with Crippen LogP contribution >= 0.6 is 0 Å². The number of hydrogen-bond acceptors (Lipinski definition) is 8. The van der Waals surface area contributed by atoms with Crippen LogP contribution in [-0.2, 0) is 4.79 Å². The number of nitrogens with one attached hydrogen (secondary N) is 1. The largest absolute Gasteiger partial charge is 0.466 e. The van der Waals surface area contributed by atoms with E-state index in [4.69, 9.17) is 14.7 Å². The zero-order valence-corrected chi connectivity index (χ0v) is 19.8. The molecule has 180 valence electrons. The maximum absolute atomic E-state index is 13.3. The molecule has 35 heavy (non-hydrogen) atoms. The predicted molar refractivity (Wildman–Crippen MR) is 130 cm³/mol. The number of pyridine rings is 2. The minimum Gasteiger partial charge on any atom is -0.466 e. The lowest BCUT2D eigenvalue weighted by molar-refractivity contribution is -0.122. The van der Waals surface area contributed by atoms with Crippen LogP contribution in [0.25, 0.3) is 22.4 Å². The normalized spacial score (nSPS) is 16.0. The summed E-state index contributed by atoms with van der Waals surface area (Å²) >= 11 is 0. The molecule has 10 nitrogen and oxygen atoms in total. The second-order valence-electron chi connectivity index (χ2n) is 8.88. The highest BCUT2D eigenvalue weighted by Gasteiger charge is 2.25. The Labute approximate surface area is 201 Å². The summed E-state index contributed by atoms with van der Waals surface area (Å²) in [6.45, 7) is 6.83. The lowest BCUT2D eigenvalue weighted by atomic mass is 9.97. The zero-order chi connectivity index (χ0) is 24.7. The number of amides is 2. The van der Waals surface area contributed by atoms with Crippen molar-refractivity contribution in [3.63, 3.8) is 0 Å². The number of nitrogens with two attached hydrogens (primary N) is 1. The van der Waals surface area contributed by atoms with Crippen molar-refractivity contribution in [2.75, 3.05) is 23.3 Å². The summed E-state index contributed by atoms with van der Waals surface area (Å²) in [5.74, 6) is 1.40. The van der Waals surface area contributed by atoms with Gasteiger partial charge in [0.1, 0.15) is 17.3 Å². The first kappa shape index (κ1) is 22.6. The molecule has 3 N–H and O–H groups in total. The number of carbonyl (C=O) groups is 2. The second-order valence-corrected chi connectivity index (χ2v) is 8.88. The number of aromatic nitrogens is 3. The summed E-state index contributed by atoms with van der Waals surface area (Å²) < 4.78 is 11.0. The Morgan fingerprint density at radius 2 is 2.03 bits per heavy atom. The highest BCUT2D eigenvalue weighted by Crippen LogP contribution is 2.31. The van der Waals surface area contributed by atoms with E-state index >= 15 is 0 Å². The maximum Gasteiger partial charge on any atom is 0.259 e. The minimum absolute atomic E-state index is 0.178. The number of fused-ring (bicyclic) bond motifs is 1. The van der Waals surface area contributed by atoms with Crippen LogP contribution in [-0.4, -0.2) is 40.0 Å². The summed E-state index contributed by atoms with van der Waals surface area (Å²) in [5, 5.41) is 7.46. The van der Waals surface area contributed by atoms with E-state index < -0.39 is 0 Å². The fraction of sp³-hybridized carbons (Fsp3) is 0.320. The van der Waals surface area contributed by atoms with Crippen molar-refractivity contribution < 1.29 is 18.5 Å². The molecule has 1 fully saturated rings. The fourth-order valence-corrected chi connectivity index (χ4v) is 4.56. The van der Waals surface area contributed by atoms with Gasteiger partial charge in [0.15, 0.2) is 0 Å². The number of carbonyl (C=O) groups excluding carboxylic acids is 2. The van der Waals surface area contributed by atoms with Crippen LogP contribution in [0.1, 0.15) is 40.4 Å². The van der Waals surface area contributed by atoms with Crippen LogP contribution < -0.4 is 16.0 Å². The van der Waals surface area contributed by atoms with Gasteiger partial charge < -0.3 is 24.9 Å². The van der Waals surface area contributed by atoms with Gasteiger partial charge in [-0.1, -0.05) is 5.16 Å². The molecule has 1 aliphatic heterocycles. The van der Waals surface area contributed by atoms with Crippen LogP contribution in [0, 0.1) is 26.7 Å². The molecule has 0 saturated carbocycles. The van der Waals surface area contributed by atoms with Gasteiger partial charge in [0.05, 0.1) is 40.1 Å². The molecule has 1 saturated heterocycles. The first-order valence-electron chi connectivity index (χ1n) is 11.5. The molecule has 4 aromatic rings. The maximum atomic E-state index is 13.3. The van der Waals surface area contributed by atoms with Crippen LogP contribution in [0.15, 0.2) is 39.4 Å². The molecule has 0 bridgehead atoms. The minimum atomic E-state index is -0.330. The molecule has 1 unspecified atom stereocenters. The predicted octanol–water partition coefficient (Wildman–Crippen LogP) is 3.76. The van der Waals surface area contributed by atoms with Gasteiger partial charge in [0.2, 0.25) is 5.91 Å². The second kappa shape index (κ2) is 8.86. The van der Waals surface area contributed by atoms with Gasteiger partial charge in [-0.2, -0.15) is 0 Å². The average molecular weight is 475 g/mol. The lowest BCUT2D eigenvalue weighted by Crippen LogP contribution is -2.41. The van der Waals surface area contributed by atoms with Crippen LogP contribution in [0.5, 0.6) is 0 Å². The van der Waals surface area contributed by atoms with Crippen molar-refractivity contribution in [2.24, 2.45) is 11.7 Å². The van der Waals surface area contributed by atoms with Crippen LogP contribution in [0.2, 0.25) is 0 Å². The Kier molecular flexibility index (Phi) is 5.72. The molecule has 0 radical (unpaired) electrons. The third kappa shape index (κ3) is 4.34. The first-order chi connectivity index (χ1) is 16.8. The van der Waals surface area contributed by atoms with Crippen LogP contribution in [0.4, 0.5) is 11.5 Å². The van der Waals surface area contributed by atoms with Gasteiger partial charge >= 0.3 is 0 Å². The van der Waals surface area contributed by atoms with Gasteiger partial charge in [0, 0.05) is 18.7 Å². The zero-order valence-electron chi connectivity index (χ0n) is 19.8. The van der Waals surface area contributed by atoms with E-state index in [-0.39, 0.29) is 23.4 Å². The molecule has 1 aliphatic rings. The quantitative estimate of drug-likeness (QED) is 0.445. The lowest BCUT2D eigenvalue weighted by Gasteiger charge is -2.32. The summed E-state index contributed by atoms with van der Waals surface area (Å²) in [4.78, 5) is 36.0. The Bertz CT molecular complexity index is 1420. The first-order valence-corrected chi connectivity index (χ1v) is 11.5. The Morgan fingerprint density at radius 3 is 2.71 bits per heavy atom. The average Bonchev–Trinajstić information content (AvgIpc) is 3.39. The van der Waals surface area contributed by atoms with Gasteiger partial charge in [0.25, 0.3) is 11.6 Å². The number of furan rings is 1. The molecule has 5 heterocycles. The standard InChI is InChI=1S/C25H26N6O4/c1-13-9-18(15(3)34-13)20-10-19(22-14(2)30-35-25(22)29-20)24(33)28-17-6-7-21(27-11-17)31-8-4-5-16(12-31)23(26)32/h6-7,9-11,16H,4-5,8,12H2,1-3H3,(H2,26,32)(H,28,33). The number of aryl methyl sites for hydroxylation is 3. The third-order valence-electron chi connectivity index (χ3n) is 6.33. The number of primary amides is 1. The molecular formula is C25H26N6O4. The van der Waals surface area contributed by atoms with Crippen molar-refractivity contribution in [2.45, 2.75) is 33.6 Å². The van der Waals surface area contributed by atoms with E-state index in [9.17, 15) is 9.59 Å². The number of piperidine rings is 1. The Hall–Kier alpha value is -4.21. The molecular weight excluding hydrogens is 448 g/mol. The van der Waals surface area contributed by atoms with Crippen molar-refractivity contribution in [3.05, 3.63) is 53.2 Å². The topological polar surface area (TPSA) is 140 Å². The SMILES string of the molecule is Cc1cc(-c2cc(C(=O)Nc3ccc(N4CCCC(C(N)=O)C4)nc3)c3c(C)noc3n2)c(C)o1. The van der Waals surface area contributed by atoms with E-state index in [2.05, 4.69) is 20.4 Å². The molecule has 1 atom stereocenters. The summed E-state index contributed by atoms with van der Waals surface area (Å²) in [5.41, 5.74) is 8.63. The Morgan fingerprint density at radius 1 is 1.20 bits per heavy atom. The number of hydrogen-bond donors (Lipinski definition) is 2. The van der Waals surface area contributed by atoms with Crippen molar-refractivity contribution in [3.8, 4) is 11.3 Å². The van der Waals surface area contributed by atoms with Crippen molar-refractivity contribution >= 4 is 34.4 Å². The molecule has 2 amide bonds. The molecule has 4 aromatic heterocycles. The summed E-state index contributed by atoms with van der Waals surface area (Å²) in [6, 6.07) is 7.21. The molecule has 0 aliphatic carbocycles. The molecule has 0 aromatic carbocycles. The van der Waals surface area contributed by atoms with Gasteiger partial charge in [-0.05, 0) is 57.9 Å². The molecule has 10 heteroatoms. The van der Waals surface area contributed by atoms with E-state index in [1.807, 2.05) is 30.9 Å². The fourth-order valence-electron chi connectivity index (χ4n) is 4.56.